The zero-order chi connectivity index (χ0) is 25.2. The molecule has 0 aliphatic rings. The van der Waals surface area contributed by atoms with Crippen LogP contribution < -0.4 is 19.6 Å². The number of halogens is 3. The first kappa shape index (κ1) is 23.9. The summed E-state index contributed by atoms with van der Waals surface area (Å²) in [6.45, 7) is 0. The van der Waals surface area contributed by atoms with Crippen molar-refractivity contribution in [3.05, 3.63) is 88.3 Å². The number of alkyl halides is 3. The van der Waals surface area contributed by atoms with E-state index in [1.807, 2.05) is 0 Å². The molecule has 0 bridgehead atoms. The molecular formula is C26H19F3O6. The van der Waals surface area contributed by atoms with Crippen molar-refractivity contribution in [1.82, 2.24) is 0 Å². The van der Waals surface area contributed by atoms with Crippen LogP contribution in [0.15, 0.2) is 75.9 Å². The van der Waals surface area contributed by atoms with Crippen LogP contribution >= 0.6 is 0 Å². The van der Waals surface area contributed by atoms with Crippen molar-refractivity contribution in [3.63, 3.8) is 0 Å². The van der Waals surface area contributed by atoms with E-state index in [-0.39, 0.29) is 28.7 Å². The monoisotopic (exact) mass is 484 g/mol. The molecule has 0 saturated heterocycles. The minimum atomic E-state index is -4.94. The molecule has 0 saturated carbocycles. The Bertz CT molecular complexity index is 1420. The number of benzene rings is 3. The van der Waals surface area contributed by atoms with E-state index in [0.717, 1.165) is 6.07 Å². The van der Waals surface area contributed by atoms with Gasteiger partial charge in [-0.15, -0.1) is 0 Å². The number of carbonyl (C=O) groups excluding carboxylic acids is 1. The van der Waals surface area contributed by atoms with E-state index in [2.05, 4.69) is 0 Å². The van der Waals surface area contributed by atoms with Crippen LogP contribution in [0.1, 0.15) is 11.3 Å². The van der Waals surface area contributed by atoms with Gasteiger partial charge in [0.1, 0.15) is 22.8 Å². The van der Waals surface area contributed by atoms with Crippen molar-refractivity contribution in [2.24, 2.45) is 0 Å². The van der Waals surface area contributed by atoms with Gasteiger partial charge in [-0.3, -0.25) is 9.59 Å². The highest BCUT2D eigenvalue weighted by Gasteiger charge is 2.39. The summed E-state index contributed by atoms with van der Waals surface area (Å²) in [5.74, 6) is -1.08. The van der Waals surface area contributed by atoms with Crippen LogP contribution in [0.4, 0.5) is 13.2 Å². The lowest BCUT2D eigenvalue weighted by molar-refractivity contribution is -0.152. The number of fused-ring (bicyclic) bond motifs is 1. The fourth-order valence-electron chi connectivity index (χ4n) is 3.53. The second-order valence-corrected chi connectivity index (χ2v) is 7.52. The van der Waals surface area contributed by atoms with Gasteiger partial charge < -0.3 is 18.6 Å². The second-order valence-electron chi connectivity index (χ2n) is 7.52. The van der Waals surface area contributed by atoms with Gasteiger partial charge in [0.2, 0.25) is 11.2 Å². The molecule has 1 aromatic heterocycles. The summed E-state index contributed by atoms with van der Waals surface area (Å²) in [4.78, 5) is 25.4. The van der Waals surface area contributed by atoms with E-state index < -0.39 is 28.9 Å². The summed E-state index contributed by atoms with van der Waals surface area (Å²) in [5, 5.41) is -0.0845. The number of carbonyl (C=O) groups is 1. The smallest absolute Gasteiger partial charge is 0.450 e. The molecule has 6 nitrogen and oxygen atoms in total. The van der Waals surface area contributed by atoms with Crippen LogP contribution in [0, 0.1) is 0 Å². The Balaban J connectivity index is 1.69. The largest absolute Gasteiger partial charge is 0.497 e. The van der Waals surface area contributed by atoms with Gasteiger partial charge in [0.05, 0.1) is 31.6 Å². The molecule has 9 heteroatoms. The van der Waals surface area contributed by atoms with Crippen LogP contribution in [0.2, 0.25) is 0 Å². The topological polar surface area (TPSA) is 75.0 Å². The Morgan fingerprint density at radius 2 is 1.43 bits per heavy atom. The first-order valence-corrected chi connectivity index (χ1v) is 10.4. The van der Waals surface area contributed by atoms with Gasteiger partial charge in [-0.05, 0) is 47.5 Å². The number of esters is 1. The number of hydrogen-bond donors (Lipinski definition) is 0. The number of rotatable bonds is 6. The maximum Gasteiger partial charge on any atom is 0.450 e. The molecule has 4 aromatic rings. The summed E-state index contributed by atoms with van der Waals surface area (Å²) in [6.07, 6.45) is -5.01. The Morgan fingerprint density at radius 3 is 2.00 bits per heavy atom. The Kier molecular flexibility index (Phi) is 6.50. The molecule has 0 aliphatic carbocycles. The highest BCUT2D eigenvalue weighted by molar-refractivity contribution is 5.85. The van der Waals surface area contributed by atoms with Gasteiger partial charge in [-0.1, -0.05) is 24.3 Å². The molecule has 0 N–H and O–H groups in total. The highest BCUT2D eigenvalue weighted by atomic mass is 19.4. The summed E-state index contributed by atoms with van der Waals surface area (Å²) in [7, 11) is 2.94. The van der Waals surface area contributed by atoms with E-state index >= 15 is 0 Å². The van der Waals surface area contributed by atoms with E-state index in [4.69, 9.17) is 18.6 Å². The molecule has 0 unspecified atom stereocenters. The predicted molar refractivity (Wildman–Crippen MR) is 122 cm³/mol. The highest BCUT2D eigenvalue weighted by Crippen LogP contribution is 2.38. The fourth-order valence-corrected chi connectivity index (χ4v) is 3.53. The number of methoxy groups -OCH3 is 2. The molecule has 0 fully saturated rings. The zero-order valence-corrected chi connectivity index (χ0v) is 18.6. The Labute approximate surface area is 197 Å². The van der Waals surface area contributed by atoms with Crippen LogP contribution in [0.5, 0.6) is 17.2 Å². The molecule has 0 spiro atoms. The number of hydrogen-bond acceptors (Lipinski definition) is 6. The van der Waals surface area contributed by atoms with Crippen LogP contribution in [-0.2, 0) is 17.4 Å². The third-order valence-electron chi connectivity index (χ3n) is 5.24. The second kappa shape index (κ2) is 9.54. The quantitative estimate of drug-likeness (QED) is 0.260. The van der Waals surface area contributed by atoms with E-state index in [0.29, 0.717) is 17.1 Å². The maximum absolute atomic E-state index is 13.8. The minimum Gasteiger partial charge on any atom is -0.497 e. The lowest BCUT2D eigenvalue weighted by Crippen LogP contribution is -2.16. The van der Waals surface area contributed by atoms with Gasteiger partial charge >= 0.3 is 12.1 Å². The van der Waals surface area contributed by atoms with Crippen molar-refractivity contribution < 1.29 is 36.6 Å². The molecule has 180 valence electrons. The summed E-state index contributed by atoms with van der Waals surface area (Å²) in [6, 6.07) is 16.0. The van der Waals surface area contributed by atoms with Crippen LogP contribution in [0.25, 0.3) is 22.1 Å². The SMILES string of the molecule is COc1ccc(CC(=O)Oc2ccc3c(=O)c(-c4ccc(OC)cc4)c(C(F)(F)F)oc3c2)cc1. The first-order valence-electron chi connectivity index (χ1n) is 10.4. The van der Waals surface area contributed by atoms with Gasteiger partial charge in [0.25, 0.3) is 0 Å². The third kappa shape index (κ3) is 5.13. The van der Waals surface area contributed by atoms with Crippen molar-refractivity contribution in [2.45, 2.75) is 12.6 Å². The average Bonchev–Trinajstić information content (AvgIpc) is 2.84. The lowest BCUT2D eigenvalue weighted by Gasteiger charge is -2.13. The zero-order valence-electron chi connectivity index (χ0n) is 18.6. The van der Waals surface area contributed by atoms with Gasteiger partial charge in [0, 0.05) is 6.07 Å². The lowest BCUT2D eigenvalue weighted by atomic mass is 10.0. The van der Waals surface area contributed by atoms with Gasteiger partial charge in [-0.25, -0.2) is 0 Å². The van der Waals surface area contributed by atoms with Crippen molar-refractivity contribution >= 4 is 16.9 Å². The summed E-state index contributed by atoms with van der Waals surface area (Å²) >= 11 is 0. The van der Waals surface area contributed by atoms with Gasteiger partial charge in [-0.2, -0.15) is 13.2 Å². The summed E-state index contributed by atoms with van der Waals surface area (Å²) < 4.78 is 62.0. The van der Waals surface area contributed by atoms with Gasteiger partial charge in [0.15, 0.2) is 0 Å². The van der Waals surface area contributed by atoms with Crippen LogP contribution in [0.3, 0.4) is 0 Å². The fraction of sp³-hybridized carbons (Fsp3) is 0.154. The van der Waals surface area contributed by atoms with Crippen LogP contribution in [-0.4, -0.2) is 20.2 Å². The first-order chi connectivity index (χ1) is 16.7. The Morgan fingerprint density at radius 1 is 0.857 bits per heavy atom. The van der Waals surface area contributed by atoms with Crippen molar-refractivity contribution in [3.8, 4) is 28.4 Å². The molecule has 4 rings (SSSR count). The molecule has 0 atom stereocenters. The summed E-state index contributed by atoms with van der Waals surface area (Å²) in [5.41, 5.74) is -1.14. The number of ether oxygens (including phenoxy) is 3. The molecule has 0 amide bonds. The van der Waals surface area contributed by atoms with Crippen molar-refractivity contribution in [1.29, 1.82) is 0 Å². The molecule has 3 aromatic carbocycles. The normalized spacial score (nSPS) is 11.3. The molecule has 0 aliphatic heterocycles. The van der Waals surface area contributed by atoms with E-state index in [9.17, 15) is 22.8 Å². The molecule has 35 heavy (non-hydrogen) atoms. The maximum atomic E-state index is 13.8. The average molecular weight is 484 g/mol. The minimum absolute atomic E-state index is 0.0313. The standard InChI is InChI=1S/C26H19F3O6/c1-32-17-7-3-15(4-8-17)13-22(30)34-19-11-12-20-21(14-19)35-25(26(27,28)29)23(24(20)31)16-5-9-18(33-2)10-6-16/h3-12,14H,13H2,1-2H3. The molecule has 1 heterocycles. The molecule has 0 radical (unpaired) electrons. The Hall–Kier alpha value is -4.27. The third-order valence-corrected chi connectivity index (χ3v) is 5.24. The van der Waals surface area contributed by atoms with E-state index in [1.165, 1.54) is 50.6 Å². The van der Waals surface area contributed by atoms with E-state index in [1.54, 1.807) is 24.3 Å². The molecular weight excluding hydrogens is 465 g/mol. The predicted octanol–water partition coefficient (Wildman–Crippen LogP) is 5.64. The van der Waals surface area contributed by atoms with Crippen molar-refractivity contribution in [2.75, 3.05) is 14.2 Å².